The van der Waals surface area contributed by atoms with E-state index in [1.807, 2.05) is 55.4 Å². The lowest BCUT2D eigenvalue weighted by Gasteiger charge is -2.56. The Labute approximate surface area is 287 Å². The highest BCUT2D eigenvalue weighted by molar-refractivity contribution is 6.51. The van der Waals surface area contributed by atoms with Gasteiger partial charge in [0.25, 0.3) is 0 Å². The van der Waals surface area contributed by atoms with Crippen LogP contribution in [-0.2, 0) is 19.8 Å². The number of ketones is 4. The molecule has 4 atom stereocenters. The zero-order valence-corrected chi connectivity index (χ0v) is 30.3. The predicted molar refractivity (Wildman–Crippen MR) is 181 cm³/mol. The number of allylic oxidation sites excluding steroid dienone is 4. The number of rotatable bonds is 2. The molecule has 0 saturated heterocycles. The number of Topliss-reactive ketones (excluding diaryl/α,β-unsaturated/α-hetero) is 4. The third-order valence-corrected chi connectivity index (χ3v) is 12.8. The molecular formula is C40H48O9. The monoisotopic (exact) mass is 672 g/mol. The second-order valence-electron chi connectivity index (χ2n) is 17.7. The lowest BCUT2D eigenvalue weighted by Crippen LogP contribution is -2.65. The number of phenolic OH excluding ortho intramolecular Hbond substituents is 1. The number of phenols is 1. The summed E-state index contributed by atoms with van der Waals surface area (Å²) in [5.41, 5.74) is -2.56. The molecule has 6 aliphatic rings. The van der Waals surface area contributed by atoms with Crippen molar-refractivity contribution in [2.75, 3.05) is 0 Å². The first-order valence-corrected chi connectivity index (χ1v) is 17.7. The third-order valence-electron chi connectivity index (χ3n) is 12.8. The van der Waals surface area contributed by atoms with Crippen molar-refractivity contribution < 1.29 is 44.0 Å². The molecular weight excluding hydrogens is 624 g/mol. The van der Waals surface area contributed by atoms with Crippen molar-refractivity contribution in [2.24, 2.45) is 28.1 Å². The second-order valence-corrected chi connectivity index (χ2v) is 17.7. The van der Waals surface area contributed by atoms with Crippen LogP contribution in [0.5, 0.6) is 17.2 Å². The van der Waals surface area contributed by atoms with E-state index in [1.165, 1.54) is 0 Å². The number of hydrogen-bond acceptors (Lipinski definition) is 9. The van der Waals surface area contributed by atoms with Crippen molar-refractivity contribution >= 4 is 23.1 Å². The van der Waals surface area contributed by atoms with Gasteiger partial charge in [0, 0.05) is 39.0 Å². The van der Waals surface area contributed by atoms with Gasteiger partial charge >= 0.3 is 5.79 Å². The molecule has 9 heteroatoms. The molecule has 0 unspecified atom stereocenters. The molecule has 1 spiro atoms. The van der Waals surface area contributed by atoms with Gasteiger partial charge in [0.15, 0.2) is 17.3 Å². The lowest BCUT2D eigenvalue weighted by molar-refractivity contribution is -0.170. The highest BCUT2D eigenvalue weighted by atomic mass is 16.7. The maximum absolute atomic E-state index is 15.5. The predicted octanol–water partition coefficient (Wildman–Crippen LogP) is 7.79. The summed E-state index contributed by atoms with van der Waals surface area (Å²) in [6, 6.07) is 0. The highest BCUT2D eigenvalue weighted by Crippen LogP contribution is 2.68. The molecule has 2 fully saturated rings. The van der Waals surface area contributed by atoms with Crippen LogP contribution in [0.2, 0.25) is 0 Å². The van der Waals surface area contributed by atoms with Crippen molar-refractivity contribution in [3.8, 4) is 17.2 Å². The molecule has 7 rings (SSSR count). The average Bonchev–Trinajstić information content (AvgIpc) is 3.35. The zero-order chi connectivity index (χ0) is 36.1. The van der Waals surface area contributed by atoms with E-state index < -0.39 is 79.9 Å². The first kappa shape index (κ1) is 33.6. The number of aliphatic hydroxyl groups excluding tert-OH is 2. The average molecular weight is 673 g/mol. The Morgan fingerprint density at radius 1 is 0.694 bits per heavy atom. The van der Waals surface area contributed by atoms with Crippen LogP contribution in [0.15, 0.2) is 33.8 Å². The number of carbonyl (C=O) groups is 4. The van der Waals surface area contributed by atoms with Crippen LogP contribution in [0.1, 0.15) is 135 Å². The molecule has 0 radical (unpaired) electrons. The summed E-state index contributed by atoms with van der Waals surface area (Å²) in [4.78, 5) is 57.7. The zero-order valence-electron chi connectivity index (χ0n) is 30.3. The molecule has 1 heterocycles. The Morgan fingerprint density at radius 2 is 1.31 bits per heavy atom. The Morgan fingerprint density at radius 3 is 1.92 bits per heavy atom. The van der Waals surface area contributed by atoms with Gasteiger partial charge in [0.2, 0.25) is 23.1 Å². The minimum Gasteiger partial charge on any atom is -0.507 e. The van der Waals surface area contributed by atoms with E-state index in [0.717, 1.165) is 12.8 Å². The van der Waals surface area contributed by atoms with Gasteiger partial charge in [-0.25, -0.2) is 0 Å². The molecule has 2 saturated carbocycles. The maximum atomic E-state index is 15.5. The largest absolute Gasteiger partial charge is 0.507 e. The van der Waals surface area contributed by atoms with E-state index in [9.17, 15) is 29.7 Å². The SMILES string of the molecule is CC(C)C1=C(O)C2=C(C(=O)C1=O)[C@@]1(C)CCCC(C)(C)[C@@H]1C(=O)[C@]21Oc2c(c3c(c(O)c2C(C)C)C(=O)C(O)=C2C(C)(C)CCC[C@@]23C)O1. The van der Waals surface area contributed by atoms with E-state index in [4.69, 9.17) is 9.47 Å². The molecule has 0 amide bonds. The quantitative estimate of drug-likeness (QED) is 0.212. The molecule has 9 nitrogen and oxygen atoms in total. The third kappa shape index (κ3) is 3.88. The van der Waals surface area contributed by atoms with Crippen LogP contribution < -0.4 is 9.47 Å². The number of fused-ring (bicyclic) bond motifs is 8. The smallest absolute Gasteiger partial charge is 0.344 e. The highest BCUT2D eigenvalue weighted by Gasteiger charge is 2.72. The molecule has 1 aliphatic heterocycles. The summed E-state index contributed by atoms with van der Waals surface area (Å²) in [5, 5.41) is 35.6. The number of hydrogen-bond donors (Lipinski definition) is 3. The molecule has 0 bridgehead atoms. The van der Waals surface area contributed by atoms with Crippen LogP contribution >= 0.6 is 0 Å². The Kier molecular flexibility index (Phi) is 6.78. The Balaban J connectivity index is 1.61. The number of carbonyl (C=O) groups excluding carboxylic acids is 4. The van der Waals surface area contributed by atoms with Gasteiger partial charge in [-0.3, -0.25) is 19.2 Å². The first-order valence-electron chi connectivity index (χ1n) is 17.7. The van der Waals surface area contributed by atoms with Crippen molar-refractivity contribution in [3.63, 3.8) is 0 Å². The van der Waals surface area contributed by atoms with Gasteiger partial charge in [0.1, 0.15) is 11.5 Å². The van der Waals surface area contributed by atoms with Gasteiger partial charge in [-0.15, -0.1) is 0 Å². The van der Waals surface area contributed by atoms with Crippen molar-refractivity contribution in [1.82, 2.24) is 0 Å². The molecule has 5 aliphatic carbocycles. The van der Waals surface area contributed by atoms with Gasteiger partial charge < -0.3 is 24.8 Å². The van der Waals surface area contributed by atoms with E-state index in [-0.39, 0.29) is 45.1 Å². The molecule has 1 aromatic carbocycles. The summed E-state index contributed by atoms with van der Waals surface area (Å²) in [5.74, 6) is -8.12. The minimum absolute atomic E-state index is 0.0353. The number of aromatic hydroxyl groups is 1. The summed E-state index contributed by atoms with van der Waals surface area (Å²) >= 11 is 0. The van der Waals surface area contributed by atoms with E-state index in [1.54, 1.807) is 13.8 Å². The summed E-state index contributed by atoms with van der Waals surface area (Å²) < 4.78 is 13.8. The number of ether oxygens (including phenoxy) is 2. The van der Waals surface area contributed by atoms with Crippen LogP contribution in [0.3, 0.4) is 0 Å². The van der Waals surface area contributed by atoms with Crippen LogP contribution in [-0.4, -0.2) is 44.2 Å². The van der Waals surface area contributed by atoms with Gasteiger partial charge in [0.05, 0.1) is 11.1 Å². The molecule has 3 N–H and O–H groups in total. The van der Waals surface area contributed by atoms with Crippen LogP contribution in [0, 0.1) is 28.1 Å². The normalized spacial score (nSPS) is 33.0. The van der Waals surface area contributed by atoms with Gasteiger partial charge in [-0.1, -0.05) is 82.1 Å². The summed E-state index contributed by atoms with van der Waals surface area (Å²) in [6.45, 7) is 18.6. The standard InChI is InChI=1S/C40H48O9/c1-17(2)19-26(42)24-23(29(45)27(19)43)39(10)16-12-14-37(7,8)34(39)35(47)40(24)48-31-20(18(3)4)25(41)21-22(32(31)49-40)38(9)15-11-13-36(5,6)33(38)30(46)28(21)44/h17-18,34,41-42,46H,11-16H2,1-10H3/t34-,38+,39+,40-/m0/s1. The molecule has 49 heavy (non-hydrogen) atoms. The van der Waals surface area contributed by atoms with E-state index in [2.05, 4.69) is 0 Å². The Bertz CT molecular complexity index is 1920. The topological polar surface area (TPSA) is 147 Å². The summed E-state index contributed by atoms with van der Waals surface area (Å²) in [7, 11) is 0. The maximum Gasteiger partial charge on any atom is 0.344 e. The van der Waals surface area contributed by atoms with E-state index in [0.29, 0.717) is 36.8 Å². The van der Waals surface area contributed by atoms with Gasteiger partial charge in [-0.2, -0.15) is 0 Å². The Hall–Kier alpha value is -3.88. The van der Waals surface area contributed by atoms with E-state index >= 15 is 4.79 Å². The second kappa shape index (κ2) is 9.88. The molecule has 1 aromatic rings. The lowest BCUT2D eigenvalue weighted by atomic mass is 9.47. The van der Waals surface area contributed by atoms with Crippen molar-refractivity contribution in [3.05, 3.63) is 50.5 Å². The van der Waals surface area contributed by atoms with Crippen molar-refractivity contribution in [1.29, 1.82) is 0 Å². The number of aliphatic hydroxyl groups is 2. The minimum atomic E-state index is -2.38. The van der Waals surface area contributed by atoms with Crippen molar-refractivity contribution in [2.45, 2.75) is 125 Å². The summed E-state index contributed by atoms with van der Waals surface area (Å²) in [6.07, 6.45) is 3.82. The van der Waals surface area contributed by atoms with Crippen LogP contribution in [0.4, 0.5) is 0 Å². The van der Waals surface area contributed by atoms with Gasteiger partial charge in [-0.05, 0) is 53.9 Å². The number of benzene rings is 1. The fourth-order valence-corrected chi connectivity index (χ4v) is 11.0. The fraction of sp³-hybridized carbons (Fsp3) is 0.600. The van der Waals surface area contributed by atoms with Crippen LogP contribution in [0.25, 0.3) is 0 Å². The first-order chi connectivity index (χ1) is 22.6. The molecule has 0 aromatic heterocycles. The fourth-order valence-electron chi connectivity index (χ4n) is 11.0. The molecule has 262 valence electrons.